The van der Waals surface area contributed by atoms with E-state index >= 15 is 0 Å². The van der Waals surface area contributed by atoms with Gasteiger partial charge in [-0.05, 0) is 74.2 Å². The summed E-state index contributed by atoms with van der Waals surface area (Å²) < 4.78 is 65.2. The third kappa shape index (κ3) is 5.27. The van der Waals surface area contributed by atoms with Crippen molar-refractivity contribution in [1.29, 1.82) is 0 Å². The molecule has 240 valence electrons. The highest BCUT2D eigenvalue weighted by molar-refractivity contribution is 6.00. The number of nitrogens with zero attached hydrogens (tertiary/aromatic N) is 2. The Morgan fingerprint density at radius 1 is 1.15 bits per heavy atom. The summed E-state index contributed by atoms with van der Waals surface area (Å²) in [5.74, 6) is -1.74. The molecule has 2 aliphatic rings. The van der Waals surface area contributed by atoms with Crippen LogP contribution in [0.4, 0.5) is 17.6 Å². The number of fused-ring (bicyclic) bond motifs is 2. The maximum absolute atomic E-state index is 13.8. The zero-order valence-electron chi connectivity index (χ0n) is 24.9. The van der Waals surface area contributed by atoms with Crippen molar-refractivity contribution in [3.63, 3.8) is 0 Å². The van der Waals surface area contributed by atoms with Crippen LogP contribution in [0.15, 0.2) is 54.7 Å². The molecule has 6 rings (SSSR count). The number of carbonyl (C=O) groups is 2. The summed E-state index contributed by atoms with van der Waals surface area (Å²) in [5.41, 5.74) is 3.26. The number of aromatic nitrogens is 2. The minimum absolute atomic E-state index is 0.00921. The van der Waals surface area contributed by atoms with Gasteiger partial charge in [-0.2, -0.15) is 13.2 Å². The maximum Gasteiger partial charge on any atom is 0.417 e. The summed E-state index contributed by atoms with van der Waals surface area (Å²) in [6, 6.07) is 10.6. The molecule has 1 aliphatic carbocycles. The largest absolute Gasteiger partial charge is 0.494 e. The number of nitrogens with one attached hydrogen (secondary N) is 1. The average Bonchev–Trinajstić information content (AvgIpc) is 3.35. The van der Waals surface area contributed by atoms with Crippen LogP contribution in [0.5, 0.6) is 11.5 Å². The van der Waals surface area contributed by atoms with E-state index in [1.807, 2.05) is 0 Å². The van der Waals surface area contributed by atoms with Gasteiger partial charge >= 0.3 is 6.18 Å². The highest BCUT2D eigenvalue weighted by Gasteiger charge is 2.48. The van der Waals surface area contributed by atoms with Crippen LogP contribution in [-0.4, -0.2) is 47.2 Å². The second-order valence-electron chi connectivity index (χ2n) is 11.9. The minimum atomic E-state index is -4.64. The van der Waals surface area contributed by atoms with Crippen molar-refractivity contribution in [3.8, 4) is 22.8 Å². The molecule has 3 heterocycles. The van der Waals surface area contributed by atoms with Gasteiger partial charge in [0.1, 0.15) is 46.1 Å². The summed E-state index contributed by atoms with van der Waals surface area (Å²) >= 11 is 0. The molecule has 2 aromatic heterocycles. The van der Waals surface area contributed by atoms with Crippen molar-refractivity contribution in [2.45, 2.75) is 43.4 Å². The molecule has 0 spiro atoms. The van der Waals surface area contributed by atoms with Crippen LogP contribution in [-0.2, 0) is 22.0 Å². The van der Waals surface area contributed by atoms with Gasteiger partial charge in [0.2, 0.25) is 5.91 Å². The Kier molecular flexibility index (Phi) is 7.62. The normalized spacial score (nSPS) is 19.1. The number of aliphatic hydroxyl groups is 1. The predicted octanol–water partition coefficient (Wildman–Crippen LogP) is 5.02. The Bertz CT molecular complexity index is 1860. The van der Waals surface area contributed by atoms with E-state index in [-0.39, 0.29) is 58.4 Å². The molecule has 1 aliphatic heterocycles. The summed E-state index contributed by atoms with van der Waals surface area (Å²) in [6.07, 6.45) is -1.87. The fourth-order valence-corrected chi connectivity index (χ4v) is 5.92. The number of alkyl halides is 3. The number of ether oxygens (including phenoxy) is 2. The van der Waals surface area contributed by atoms with Crippen LogP contribution in [0.3, 0.4) is 0 Å². The Labute approximate surface area is 260 Å². The van der Waals surface area contributed by atoms with Gasteiger partial charge in [0.05, 0.1) is 24.9 Å². The molecule has 0 saturated heterocycles. The molecule has 0 bridgehead atoms. The van der Waals surface area contributed by atoms with E-state index in [1.54, 1.807) is 13.0 Å². The van der Waals surface area contributed by atoms with Crippen molar-refractivity contribution in [3.05, 3.63) is 82.9 Å². The van der Waals surface area contributed by atoms with E-state index in [0.29, 0.717) is 30.2 Å². The molecule has 2 amide bonds. The molecule has 9 nitrogen and oxygen atoms in total. The van der Waals surface area contributed by atoms with Gasteiger partial charge in [0, 0.05) is 28.3 Å². The lowest BCUT2D eigenvalue weighted by molar-refractivity contribution is -0.137. The van der Waals surface area contributed by atoms with Crippen molar-refractivity contribution in [1.82, 2.24) is 15.3 Å². The highest BCUT2D eigenvalue weighted by Crippen LogP contribution is 2.48. The first kappa shape index (κ1) is 31.2. The first-order chi connectivity index (χ1) is 21.7. The average molecular weight is 639 g/mol. The standard InChI is InChI=1S/C33H30F4N4O5/c1-31(30(38)43)16-46-28-23(31)13-25(41-27(28)17-6-8-22(34)9-7-17)32(44,20-4-3-5-20)15-40-29(42)19-10-18-11-21(33(35,36)37)14-39-26(18)24(12-19)45-2/h6-14,20,44H,3-5,15-16H2,1-2H3,(H2,38,43)(H,40,42)/t31-,32+/m0/s1. The third-order valence-corrected chi connectivity index (χ3v) is 9.03. The number of benzene rings is 2. The quantitative estimate of drug-likeness (QED) is 0.231. The fourth-order valence-electron chi connectivity index (χ4n) is 5.92. The smallest absolute Gasteiger partial charge is 0.417 e. The molecule has 2 aromatic carbocycles. The number of primary amides is 1. The Balaban J connectivity index is 1.40. The lowest BCUT2D eigenvalue weighted by atomic mass is 9.70. The number of carbonyl (C=O) groups excluding carboxylic acids is 2. The second kappa shape index (κ2) is 11.2. The van der Waals surface area contributed by atoms with Crippen molar-refractivity contribution < 1.29 is 41.7 Å². The summed E-state index contributed by atoms with van der Waals surface area (Å²) in [5, 5.41) is 15.1. The van der Waals surface area contributed by atoms with E-state index in [1.165, 1.54) is 43.5 Å². The summed E-state index contributed by atoms with van der Waals surface area (Å²) in [7, 11) is 1.31. The molecule has 4 aromatic rings. The molecule has 13 heteroatoms. The Hall–Kier alpha value is -4.78. The molecule has 1 fully saturated rings. The van der Waals surface area contributed by atoms with Crippen LogP contribution in [0.2, 0.25) is 0 Å². The lowest BCUT2D eigenvalue weighted by Crippen LogP contribution is -2.49. The number of rotatable bonds is 8. The van der Waals surface area contributed by atoms with E-state index in [9.17, 15) is 32.3 Å². The SMILES string of the molecule is COc1cc(C(=O)NC[C@](O)(c2cc3c(c(-c4ccc(F)cc4)n2)OC[C@]3(C)C(N)=O)C2CCC2)cc2cc(C(F)(F)F)cnc12. The number of nitrogens with two attached hydrogens (primary N) is 1. The molecular weight excluding hydrogens is 608 g/mol. The first-order valence-corrected chi connectivity index (χ1v) is 14.5. The van der Waals surface area contributed by atoms with Crippen LogP contribution in [0.1, 0.15) is 53.4 Å². The lowest BCUT2D eigenvalue weighted by Gasteiger charge is -2.41. The molecule has 0 unspecified atom stereocenters. The van der Waals surface area contributed by atoms with Gasteiger partial charge in [-0.3, -0.25) is 14.6 Å². The highest BCUT2D eigenvalue weighted by atomic mass is 19.4. The Morgan fingerprint density at radius 2 is 1.87 bits per heavy atom. The Morgan fingerprint density at radius 3 is 2.48 bits per heavy atom. The van der Waals surface area contributed by atoms with Gasteiger partial charge in [-0.15, -0.1) is 0 Å². The predicted molar refractivity (Wildman–Crippen MR) is 159 cm³/mol. The van der Waals surface area contributed by atoms with Crippen molar-refractivity contribution in [2.24, 2.45) is 11.7 Å². The van der Waals surface area contributed by atoms with Gasteiger partial charge in [-0.25, -0.2) is 9.37 Å². The molecule has 4 N–H and O–H groups in total. The first-order valence-electron chi connectivity index (χ1n) is 14.5. The van der Waals surface area contributed by atoms with Crippen LogP contribution >= 0.6 is 0 Å². The zero-order valence-corrected chi connectivity index (χ0v) is 24.9. The van der Waals surface area contributed by atoms with Gasteiger partial charge < -0.3 is 25.6 Å². The van der Waals surface area contributed by atoms with E-state index in [4.69, 9.17) is 20.2 Å². The molecule has 1 saturated carbocycles. The number of halogens is 4. The molecule has 0 radical (unpaired) electrons. The van der Waals surface area contributed by atoms with Crippen molar-refractivity contribution in [2.75, 3.05) is 20.3 Å². The minimum Gasteiger partial charge on any atom is -0.494 e. The second-order valence-corrected chi connectivity index (χ2v) is 11.9. The molecule has 46 heavy (non-hydrogen) atoms. The number of amides is 2. The topological polar surface area (TPSA) is 137 Å². The maximum atomic E-state index is 13.8. The fraction of sp³-hybridized carbons (Fsp3) is 0.333. The van der Waals surface area contributed by atoms with Gasteiger partial charge in [-0.1, -0.05) is 6.42 Å². The summed E-state index contributed by atoms with van der Waals surface area (Å²) in [6.45, 7) is 1.24. The van der Waals surface area contributed by atoms with Crippen LogP contribution in [0, 0.1) is 11.7 Å². The molecular formula is C33H30F4N4O5. The number of hydrogen-bond donors (Lipinski definition) is 3. The van der Waals surface area contributed by atoms with E-state index in [0.717, 1.165) is 12.5 Å². The zero-order chi connectivity index (χ0) is 33.0. The van der Waals surface area contributed by atoms with Crippen LogP contribution < -0.4 is 20.5 Å². The van der Waals surface area contributed by atoms with Gasteiger partial charge in [0.15, 0.2) is 0 Å². The van der Waals surface area contributed by atoms with Crippen LogP contribution in [0.25, 0.3) is 22.2 Å². The number of methoxy groups -OCH3 is 1. The van der Waals surface area contributed by atoms with E-state index in [2.05, 4.69) is 10.3 Å². The third-order valence-electron chi connectivity index (χ3n) is 9.03. The monoisotopic (exact) mass is 638 g/mol. The van der Waals surface area contributed by atoms with Crippen molar-refractivity contribution >= 4 is 22.7 Å². The molecule has 2 atom stereocenters. The number of pyridine rings is 2. The summed E-state index contributed by atoms with van der Waals surface area (Å²) in [4.78, 5) is 34.7. The van der Waals surface area contributed by atoms with E-state index < -0.39 is 40.4 Å². The van der Waals surface area contributed by atoms with Gasteiger partial charge in [0.25, 0.3) is 5.91 Å². The number of hydrogen-bond acceptors (Lipinski definition) is 7.